The fraction of sp³-hybridized carbons (Fsp3) is 0.231. The third-order valence-electron chi connectivity index (χ3n) is 31.1. The average molecular weight is 1760 g/mol. The first-order valence-corrected chi connectivity index (χ1v) is 50.1. The van der Waals surface area contributed by atoms with Gasteiger partial charge in [-0.2, -0.15) is 0 Å². The van der Waals surface area contributed by atoms with Gasteiger partial charge in [-0.25, -0.2) is 0 Å². The second kappa shape index (κ2) is 33.0. The van der Waals surface area contributed by atoms with Crippen molar-refractivity contribution in [3.05, 3.63) is 430 Å². The van der Waals surface area contributed by atoms with E-state index in [1.54, 1.807) is 0 Å². The van der Waals surface area contributed by atoms with E-state index in [1.807, 2.05) is 0 Å². The maximum absolute atomic E-state index is 6.88. The minimum atomic E-state index is -0.304. The van der Waals surface area contributed by atoms with Crippen molar-refractivity contribution in [1.29, 1.82) is 0 Å². The van der Waals surface area contributed by atoms with E-state index in [9.17, 15) is 0 Å². The minimum absolute atomic E-state index is 0.0482. The molecule has 6 heteroatoms. The zero-order chi connectivity index (χ0) is 92.4. The van der Waals surface area contributed by atoms with Crippen molar-refractivity contribution in [2.24, 2.45) is 17.8 Å². The third kappa shape index (κ3) is 14.7. The van der Waals surface area contributed by atoms with Crippen LogP contribution in [0.25, 0.3) is 116 Å². The van der Waals surface area contributed by atoms with Crippen LogP contribution in [0, 0.1) is 17.8 Å². The van der Waals surface area contributed by atoms with E-state index >= 15 is 0 Å². The molecule has 5 nitrogen and oxygen atoms in total. The van der Waals surface area contributed by atoms with Crippen LogP contribution in [0.15, 0.2) is 396 Å². The summed E-state index contributed by atoms with van der Waals surface area (Å²) in [5.41, 5.74) is 43.9. The first kappa shape index (κ1) is 85.0. The van der Waals surface area contributed by atoms with Crippen LogP contribution >= 0.6 is 0 Å². The van der Waals surface area contributed by atoms with Crippen LogP contribution in [0.5, 0.6) is 0 Å². The maximum atomic E-state index is 6.88. The van der Waals surface area contributed by atoms with Gasteiger partial charge in [0.2, 0.25) is 0 Å². The van der Waals surface area contributed by atoms with Crippen molar-refractivity contribution in [3.8, 4) is 33.6 Å². The van der Waals surface area contributed by atoms with Gasteiger partial charge >= 0.3 is 0 Å². The van der Waals surface area contributed by atoms with Gasteiger partial charge in [0, 0.05) is 77.9 Å². The molecule has 3 aromatic heterocycles. The van der Waals surface area contributed by atoms with Crippen LogP contribution in [0.4, 0.5) is 22.7 Å². The largest absolute Gasteiger partial charge is 0.456 e. The number of nitrogens with zero attached hydrogens (tertiary/aromatic N) is 4. The Bertz CT molecular complexity index is 7900. The summed E-state index contributed by atoms with van der Waals surface area (Å²) in [6.07, 6.45) is 54.3. The lowest BCUT2D eigenvalue weighted by Gasteiger charge is -2.48. The Morgan fingerprint density at radius 3 is 1.50 bits per heavy atom. The van der Waals surface area contributed by atoms with Gasteiger partial charge in [0.1, 0.15) is 11.2 Å². The standard InChI is InChI=1S/C130H119BN4O/c1-127(2,3)96-56-64-114-107(76-96)108-77-97(128(4,5)6)57-65-115(108)132(114)100-60-62-112-118(80-100)134(125-102(91-45-27-41-86(69-91)82-33-17-13-18-34-82)50-31-51-103(125)92-46-28-42-87(70-92)83-35-19-14-20-36-83)120-74-95(90-55-68-123-111(73-90)106-49-25-26-54-122(106)136-123)75-121-124(120)131(112)113-63-61-101(133-116-66-58-98(129(7,8)9)78-109(116)110-79-99(130(10,11)12)59-67-117(110)133)81-119(113)135(121)126-104(93-47-29-43-88(71-93)84-37-21-15-22-38-84)52-32-53-105(126)94-48-30-44-89(72-94)85-39-23-16-24-40-85/h13-15,17-19,21-23,25-30,33,35,37-49,51,53-68,71-82,86,92H,16,20,24,31-32,34,36,50,52,69-70H2,1-12H3. The molecule has 0 saturated carbocycles. The highest BCUT2D eigenvalue weighted by Gasteiger charge is 2.48. The summed E-state index contributed by atoms with van der Waals surface area (Å²) in [6.45, 7) is 28.0. The van der Waals surface area contributed by atoms with Crippen LogP contribution in [0.3, 0.4) is 0 Å². The van der Waals surface area contributed by atoms with Crippen LogP contribution in [-0.2, 0) is 21.7 Å². The van der Waals surface area contributed by atoms with E-state index in [1.165, 1.54) is 177 Å². The lowest BCUT2D eigenvalue weighted by atomic mass is 9.33. The second-order valence-corrected chi connectivity index (χ2v) is 43.8. The summed E-state index contributed by atoms with van der Waals surface area (Å²) < 4.78 is 12.1. The Balaban J connectivity index is 0.859. The summed E-state index contributed by atoms with van der Waals surface area (Å²) >= 11 is 0. The van der Waals surface area contributed by atoms with Crippen LogP contribution in [0.2, 0.25) is 0 Å². The summed E-state index contributed by atoms with van der Waals surface area (Å²) in [5.74, 6) is 0.738. The number of allylic oxidation sites excluding steroid dienone is 26. The molecular weight excluding hydrogens is 1640 g/mol. The molecule has 9 aliphatic rings. The Labute approximate surface area is 802 Å². The Morgan fingerprint density at radius 2 is 0.882 bits per heavy atom. The van der Waals surface area contributed by atoms with E-state index < -0.39 is 0 Å². The van der Waals surface area contributed by atoms with Crippen LogP contribution < -0.4 is 26.2 Å². The smallest absolute Gasteiger partial charge is 0.252 e. The number of para-hydroxylation sites is 1. The zero-order valence-corrected chi connectivity index (χ0v) is 80.8. The van der Waals surface area contributed by atoms with E-state index in [0.29, 0.717) is 11.8 Å². The molecule has 3 unspecified atom stereocenters. The minimum Gasteiger partial charge on any atom is -0.456 e. The Kier molecular flexibility index (Phi) is 20.6. The molecule has 0 spiro atoms. The monoisotopic (exact) mass is 1760 g/mol. The normalized spacial score (nSPS) is 18.5. The molecule has 0 amide bonds. The molecular formula is C130H119BN4O. The highest BCUT2D eigenvalue weighted by atomic mass is 16.3. The number of hydrogen-bond acceptors (Lipinski definition) is 3. The zero-order valence-electron chi connectivity index (χ0n) is 80.8. The molecule has 0 radical (unpaired) electrons. The van der Waals surface area contributed by atoms with E-state index in [4.69, 9.17) is 4.42 Å². The lowest BCUT2D eigenvalue weighted by Crippen LogP contribution is -2.62. The van der Waals surface area contributed by atoms with Gasteiger partial charge < -0.3 is 23.4 Å². The predicted molar refractivity (Wildman–Crippen MR) is 581 cm³/mol. The predicted octanol–water partition coefficient (Wildman–Crippen LogP) is 33.1. The first-order valence-electron chi connectivity index (χ1n) is 50.1. The molecule has 3 atom stereocenters. The van der Waals surface area contributed by atoms with Gasteiger partial charge in [-0.3, -0.25) is 0 Å². The van der Waals surface area contributed by atoms with Gasteiger partial charge in [0.25, 0.3) is 6.71 Å². The number of fused-ring (bicyclic) bond motifs is 13. The van der Waals surface area contributed by atoms with Gasteiger partial charge in [-0.15, -0.1) is 0 Å². The van der Waals surface area contributed by atoms with Gasteiger partial charge in [0.15, 0.2) is 0 Å². The summed E-state index contributed by atoms with van der Waals surface area (Å²) in [4.78, 5) is 5.77. The number of aromatic nitrogens is 2. The fourth-order valence-electron chi connectivity index (χ4n) is 23.8. The van der Waals surface area contributed by atoms with Crippen molar-refractivity contribution < 1.29 is 4.42 Å². The molecule has 5 heterocycles. The average Bonchev–Trinajstić information content (AvgIpc) is 0.813. The Hall–Kier alpha value is -13.9. The van der Waals surface area contributed by atoms with Crippen molar-refractivity contribution in [2.45, 2.75) is 175 Å². The molecule has 7 aliphatic carbocycles. The molecule has 24 rings (SSSR count). The second-order valence-electron chi connectivity index (χ2n) is 43.8. The summed E-state index contributed by atoms with van der Waals surface area (Å²) in [6, 6.07) is 96.2. The number of hydrogen-bond donors (Lipinski definition) is 0. The van der Waals surface area contributed by atoms with Crippen LogP contribution in [0.1, 0.15) is 193 Å². The molecule has 15 aromatic rings. The van der Waals surface area contributed by atoms with Crippen molar-refractivity contribution in [1.82, 2.24) is 9.13 Å². The molecule has 0 fully saturated rings. The van der Waals surface area contributed by atoms with Crippen molar-refractivity contribution in [2.75, 3.05) is 9.80 Å². The number of furan rings is 1. The molecule has 2 aliphatic heterocycles. The number of benzene rings is 12. The summed E-state index contributed by atoms with van der Waals surface area (Å²) in [7, 11) is 0. The van der Waals surface area contributed by atoms with Crippen molar-refractivity contribution in [3.63, 3.8) is 0 Å². The topological polar surface area (TPSA) is 29.5 Å². The van der Waals surface area contributed by atoms with E-state index in [2.05, 4.69) is 454 Å². The molecule has 12 aromatic carbocycles. The van der Waals surface area contributed by atoms with Gasteiger partial charge in [-0.05, 0) is 336 Å². The highest BCUT2D eigenvalue weighted by Crippen LogP contribution is 2.56. The van der Waals surface area contributed by atoms with Gasteiger partial charge in [0.05, 0.1) is 33.5 Å². The maximum Gasteiger partial charge on any atom is 0.252 e. The first-order chi connectivity index (χ1) is 65.9. The molecule has 668 valence electrons. The summed E-state index contributed by atoms with van der Waals surface area (Å²) in [5, 5.41) is 7.28. The van der Waals surface area contributed by atoms with E-state index in [-0.39, 0.29) is 34.3 Å². The number of rotatable bonds is 13. The lowest BCUT2D eigenvalue weighted by molar-refractivity contribution is 0.468. The van der Waals surface area contributed by atoms with E-state index in [0.717, 1.165) is 126 Å². The molecule has 0 saturated heterocycles. The van der Waals surface area contributed by atoms with Crippen LogP contribution in [-0.4, -0.2) is 15.8 Å². The van der Waals surface area contributed by atoms with Crippen molar-refractivity contribution >= 4 is 128 Å². The molecule has 0 bridgehead atoms. The Morgan fingerprint density at radius 1 is 0.331 bits per heavy atom. The van der Waals surface area contributed by atoms with Gasteiger partial charge in [-0.1, -0.05) is 320 Å². The number of anilines is 4. The SMILES string of the molecule is CC(C)(C)c1ccc2c(c1)c1cc(C(C)(C)C)ccc1n2-c1ccc2c(c1)N(C1=C(C3=CC=CC(C4C=CC=CC4)C3)CCC=C1C1C=CC=C(C3=CC=CCC3)C1)c1cc(-c3ccc4oc5ccccc5c4c3)cc3c1B2c1ccc(-n2c4ccc(C(C)(C)C)cc4c4cc(C(C)(C)C)ccc42)cc1N3C1=C(c2cccc(-c3ccccc3)c2)CCC=C1c1cccc(C2=CCCC=C2)c1. The third-order valence-corrected chi connectivity index (χ3v) is 31.1. The quantitative estimate of drug-likeness (QED) is 0.108. The molecule has 136 heavy (non-hydrogen) atoms. The highest BCUT2D eigenvalue weighted by molar-refractivity contribution is 7.00. The fourth-order valence-corrected chi connectivity index (χ4v) is 23.8. The molecule has 0 N–H and O–H groups in total.